The molecule has 7 nitrogen and oxygen atoms in total. The van der Waals surface area contributed by atoms with Crippen LogP contribution in [-0.4, -0.2) is 59.8 Å². The molecule has 1 aromatic heterocycles. The lowest BCUT2D eigenvalue weighted by Gasteiger charge is -2.36. The zero-order valence-corrected chi connectivity index (χ0v) is 16.2. The zero-order valence-electron chi connectivity index (χ0n) is 16.2. The highest BCUT2D eigenvalue weighted by atomic mass is 16.5. The molecule has 0 aliphatic carbocycles. The van der Waals surface area contributed by atoms with Gasteiger partial charge in [-0.25, -0.2) is 0 Å². The van der Waals surface area contributed by atoms with Crippen LogP contribution < -0.4 is 4.90 Å². The standard InChI is InChI=1S/C22H21N3O4/c1-12(26)19-17-16(21(27)24(22(17)28)10-11-29-2)15-8-7-14-6-5-13-4-3-9-23-18(13)20(14)25(15)19/h3-9,15-17,19H,10-11H2,1-2H3/t15-,16-,17-,19+/m1/s1. The van der Waals surface area contributed by atoms with Crippen molar-refractivity contribution in [1.29, 1.82) is 0 Å². The highest BCUT2D eigenvalue weighted by molar-refractivity contribution is 6.12. The number of ketones is 1. The first-order chi connectivity index (χ1) is 14.0. The molecule has 4 heterocycles. The number of anilines is 1. The topological polar surface area (TPSA) is 79.8 Å². The van der Waals surface area contributed by atoms with Crippen LogP contribution in [0, 0.1) is 11.8 Å². The van der Waals surface area contributed by atoms with Gasteiger partial charge in [0.25, 0.3) is 0 Å². The third kappa shape index (κ3) is 2.40. The Morgan fingerprint density at radius 3 is 2.72 bits per heavy atom. The average molecular weight is 391 g/mol. The Bertz CT molecular complexity index is 1080. The highest BCUT2D eigenvalue weighted by Crippen LogP contribution is 2.49. The van der Waals surface area contributed by atoms with Crippen molar-refractivity contribution in [1.82, 2.24) is 9.88 Å². The van der Waals surface area contributed by atoms with Crippen LogP contribution >= 0.6 is 0 Å². The fourth-order valence-electron chi connectivity index (χ4n) is 5.10. The number of imide groups is 1. The third-order valence-electron chi connectivity index (χ3n) is 6.26. The minimum atomic E-state index is -0.690. The van der Waals surface area contributed by atoms with Crippen molar-refractivity contribution in [2.75, 3.05) is 25.2 Å². The Kier molecular flexibility index (Phi) is 4.03. The van der Waals surface area contributed by atoms with E-state index in [-0.39, 0.29) is 36.8 Å². The maximum Gasteiger partial charge on any atom is 0.235 e. The van der Waals surface area contributed by atoms with E-state index in [1.807, 2.05) is 41.3 Å². The molecule has 0 unspecified atom stereocenters. The molecule has 3 aliphatic heterocycles. The normalized spacial score (nSPS) is 27.4. The summed E-state index contributed by atoms with van der Waals surface area (Å²) in [5.74, 6) is -1.88. The van der Waals surface area contributed by atoms with Gasteiger partial charge in [0, 0.05) is 18.7 Å². The smallest absolute Gasteiger partial charge is 0.235 e. The Morgan fingerprint density at radius 1 is 1.17 bits per heavy atom. The summed E-state index contributed by atoms with van der Waals surface area (Å²) in [6, 6.07) is 6.79. The van der Waals surface area contributed by atoms with Gasteiger partial charge in [0.15, 0.2) is 5.78 Å². The van der Waals surface area contributed by atoms with Crippen LogP contribution in [0.5, 0.6) is 0 Å². The Hall–Kier alpha value is -3.06. The number of rotatable bonds is 4. The van der Waals surface area contributed by atoms with E-state index in [0.29, 0.717) is 0 Å². The fraction of sp³-hybridized carbons (Fsp3) is 0.364. The molecule has 7 heteroatoms. The lowest BCUT2D eigenvalue weighted by molar-refractivity contribution is -0.141. The molecule has 2 fully saturated rings. The van der Waals surface area contributed by atoms with Crippen molar-refractivity contribution >= 4 is 40.3 Å². The molecule has 0 radical (unpaired) electrons. The maximum absolute atomic E-state index is 13.2. The van der Waals surface area contributed by atoms with Crippen LogP contribution in [-0.2, 0) is 19.1 Å². The zero-order chi connectivity index (χ0) is 20.3. The molecule has 0 spiro atoms. The van der Waals surface area contributed by atoms with Crippen LogP contribution in [0.2, 0.25) is 0 Å². The van der Waals surface area contributed by atoms with E-state index in [1.165, 1.54) is 18.9 Å². The van der Waals surface area contributed by atoms with E-state index < -0.39 is 17.9 Å². The summed E-state index contributed by atoms with van der Waals surface area (Å²) in [5.41, 5.74) is 2.55. The Labute approximate surface area is 167 Å². The number of methoxy groups -OCH3 is 1. The second kappa shape index (κ2) is 6.49. The van der Waals surface area contributed by atoms with E-state index in [0.717, 1.165) is 22.2 Å². The molecular weight excluding hydrogens is 370 g/mol. The molecule has 5 rings (SSSR count). The molecule has 2 aromatic rings. The Balaban J connectivity index is 1.67. The van der Waals surface area contributed by atoms with E-state index in [4.69, 9.17) is 4.74 Å². The van der Waals surface area contributed by atoms with Gasteiger partial charge in [-0.2, -0.15) is 0 Å². The number of nitrogens with zero attached hydrogens (tertiary/aromatic N) is 3. The van der Waals surface area contributed by atoms with Crippen molar-refractivity contribution in [3.05, 3.63) is 42.1 Å². The molecule has 3 aliphatic rings. The van der Waals surface area contributed by atoms with Crippen LogP contribution in [0.3, 0.4) is 0 Å². The predicted octanol–water partition coefficient (Wildman–Crippen LogP) is 1.66. The van der Waals surface area contributed by atoms with Crippen LogP contribution in [0.1, 0.15) is 12.5 Å². The number of hydrogen-bond acceptors (Lipinski definition) is 6. The van der Waals surface area contributed by atoms with E-state index in [1.54, 1.807) is 6.20 Å². The lowest BCUT2D eigenvalue weighted by Crippen LogP contribution is -2.48. The first kappa shape index (κ1) is 18.0. The number of ether oxygens (including phenoxy) is 1. The number of amides is 2. The third-order valence-corrected chi connectivity index (χ3v) is 6.26. The second-order valence-electron chi connectivity index (χ2n) is 7.76. The molecule has 1 aromatic carbocycles. The highest BCUT2D eigenvalue weighted by Gasteiger charge is 2.63. The summed E-state index contributed by atoms with van der Waals surface area (Å²) in [7, 11) is 1.53. The number of carbonyl (C=O) groups excluding carboxylic acids is 3. The van der Waals surface area contributed by atoms with E-state index >= 15 is 0 Å². The lowest BCUT2D eigenvalue weighted by atomic mass is 9.88. The SMILES string of the molecule is COCCN1C(=O)[C@@H]2[C@H](C1=O)[C@H]1C=Cc3ccc4cccnc4c3N1[C@H]2C(C)=O. The molecular formula is C22H21N3O4. The molecule has 0 bridgehead atoms. The van der Waals surface area contributed by atoms with Crippen molar-refractivity contribution in [3.8, 4) is 0 Å². The fourth-order valence-corrected chi connectivity index (χ4v) is 5.10. The number of likely N-dealkylation sites (tertiary alicyclic amines) is 1. The largest absolute Gasteiger partial charge is 0.383 e. The number of Topliss-reactive ketones (excluding diaryl/α,β-unsaturated/α-hetero) is 1. The van der Waals surface area contributed by atoms with Gasteiger partial charge in [-0.3, -0.25) is 24.3 Å². The van der Waals surface area contributed by atoms with Gasteiger partial charge >= 0.3 is 0 Å². The quantitative estimate of drug-likeness (QED) is 0.738. The van der Waals surface area contributed by atoms with E-state index in [9.17, 15) is 14.4 Å². The molecule has 4 atom stereocenters. The molecule has 2 amide bonds. The molecule has 148 valence electrons. The van der Waals surface area contributed by atoms with Crippen molar-refractivity contribution in [2.45, 2.75) is 19.0 Å². The Morgan fingerprint density at radius 2 is 1.97 bits per heavy atom. The minimum absolute atomic E-state index is 0.119. The van der Waals surface area contributed by atoms with Gasteiger partial charge in [0.2, 0.25) is 11.8 Å². The maximum atomic E-state index is 13.2. The summed E-state index contributed by atoms with van der Waals surface area (Å²) in [5, 5.41) is 0.957. The van der Waals surface area contributed by atoms with Gasteiger partial charge in [0.05, 0.1) is 42.2 Å². The van der Waals surface area contributed by atoms with Gasteiger partial charge in [0.1, 0.15) is 6.04 Å². The number of carbonyl (C=O) groups is 3. The van der Waals surface area contributed by atoms with Gasteiger partial charge in [-0.1, -0.05) is 30.4 Å². The van der Waals surface area contributed by atoms with Crippen molar-refractivity contribution in [2.24, 2.45) is 11.8 Å². The minimum Gasteiger partial charge on any atom is -0.383 e. The number of fused-ring (bicyclic) bond motifs is 7. The molecule has 2 saturated heterocycles. The first-order valence-electron chi connectivity index (χ1n) is 9.73. The van der Waals surface area contributed by atoms with Gasteiger partial charge in [-0.05, 0) is 18.6 Å². The van der Waals surface area contributed by atoms with Crippen LogP contribution in [0.25, 0.3) is 17.0 Å². The summed E-state index contributed by atoms with van der Waals surface area (Å²) < 4.78 is 5.05. The number of pyridine rings is 1. The average Bonchev–Trinajstić information content (AvgIpc) is 3.19. The number of aromatic nitrogens is 1. The van der Waals surface area contributed by atoms with Crippen LogP contribution in [0.4, 0.5) is 5.69 Å². The number of benzene rings is 1. The van der Waals surface area contributed by atoms with Gasteiger partial charge in [-0.15, -0.1) is 0 Å². The monoisotopic (exact) mass is 391 g/mol. The van der Waals surface area contributed by atoms with Crippen molar-refractivity contribution in [3.63, 3.8) is 0 Å². The van der Waals surface area contributed by atoms with Crippen molar-refractivity contribution < 1.29 is 19.1 Å². The van der Waals surface area contributed by atoms with Crippen LogP contribution in [0.15, 0.2) is 36.5 Å². The molecule has 29 heavy (non-hydrogen) atoms. The summed E-state index contributed by atoms with van der Waals surface area (Å²) >= 11 is 0. The van der Waals surface area contributed by atoms with Gasteiger partial charge < -0.3 is 9.64 Å². The molecule has 0 N–H and O–H groups in total. The molecule has 0 saturated carbocycles. The summed E-state index contributed by atoms with van der Waals surface area (Å²) in [4.78, 5) is 46.9. The predicted molar refractivity (Wildman–Crippen MR) is 107 cm³/mol. The first-order valence-corrected chi connectivity index (χ1v) is 9.73. The summed E-state index contributed by atoms with van der Waals surface area (Å²) in [6.45, 7) is 1.99. The summed E-state index contributed by atoms with van der Waals surface area (Å²) in [6.07, 6.45) is 5.64. The second-order valence-corrected chi connectivity index (χ2v) is 7.76. The number of hydrogen-bond donors (Lipinski definition) is 0. The van der Waals surface area contributed by atoms with E-state index in [2.05, 4.69) is 4.98 Å².